The molecule has 2 fully saturated rings. The van der Waals surface area contributed by atoms with E-state index in [1.54, 1.807) is 37.4 Å². The van der Waals surface area contributed by atoms with E-state index in [1.165, 1.54) is 13.2 Å². The van der Waals surface area contributed by atoms with E-state index in [0.29, 0.717) is 16.9 Å². The zero-order valence-electron chi connectivity index (χ0n) is 23.1. The quantitative estimate of drug-likeness (QED) is 0.233. The van der Waals surface area contributed by atoms with Crippen LogP contribution in [0.4, 0.5) is 8.78 Å². The first-order valence-corrected chi connectivity index (χ1v) is 13.7. The predicted molar refractivity (Wildman–Crippen MR) is 147 cm³/mol. The van der Waals surface area contributed by atoms with E-state index >= 15 is 4.39 Å². The van der Waals surface area contributed by atoms with Gasteiger partial charge in [0.15, 0.2) is 11.6 Å². The molecule has 0 heterocycles. The van der Waals surface area contributed by atoms with E-state index in [0.717, 1.165) is 42.4 Å². The number of hydrogen-bond acceptors (Lipinski definition) is 4. The molecule has 0 N–H and O–H groups in total. The van der Waals surface area contributed by atoms with Gasteiger partial charge in [0.25, 0.3) is 0 Å². The summed E-state index contributed by atoms with van der Waals surface area (Å²) in [6.45, 7) is 4.62. The molecule has 5 rings (SSSR count). The van der Waals surface area contributed by atoms with Crippen LogP contribution in [-0.2, 0) is 16.1 Å². The molecule has 206 valence electrons. The molecular formula is C33H36F2O4. The van der Waals surface area contributed by atoms with Crippen LogP contribution in [0.15, 0.2) is 54.6 Å². The first kappa shape index (κ1) is 27.2. The van der Waals surface area contributed by atoms with Crippen molar-refractivity contribution in [2.24, 2.45) is 11.3 Å². The molecule has 2 saturated carbocycles. The lowest BCUT2D eigenvalue weighted by Gasteiger charge is -2.24. The Kier molecular flexibility index (Phi) is 7.66. The summed E-state index contributed by atoms with van der Waals surface area (Å²) in [6, 6.07) is 15.8. The molecule has 0 amide bonds. The largest absolute Gasteiger partial charge is 0.497 e. The van der Waals surface area contributed by atoms with Crippen LogP contribution in [0.3, 0.4) is 0 Å². The van der Waals surface area contributed by atoms with E-state index < -0.39 is 5.82 Å². The second-order valence-electron chi connectivity index (χ2n) is 11.3. The van der Waals surface area contributed by atoms with Crippen LogP contribution in [-0.4, -0.2) is 20.2 Å². The Bertz CT molecular complexity index is 1360. The molecule has 0 spiro atoms. The maximum absolute atomic E-state index is 15.6. The predicted octanol–water partition coefficient (Wildman–Crippen LogP) is 8.18. The van der Waals surface area contributed by atoms with Crippen molar-refractivity contribution in [1.29, 1.82) is 0 Å². The molecule has 0 saturated heterocycles. The van der Waals surface area contributed by atoms with Crippen LogP contribution in [0.1, 0.15) is 74.5 Å². The molecule has 2 atom stereocenters. The number of methoxy groups -OCH3 is 2. The van der Waals surface area contributed by atoms with E-state index in [4.69, 9.17) is 14.2 Å². The number of esters is 1. The molecule has 39 heavy (non-hydrogen) atoms. The third-order valence-electron chi connectivity index (χ3n) is 8.72. The molecule has 0 aromatic heterocycles. The SMILES string of the molecule is COC(=O)C[C@@H](c1cccc(OCc2ccc(-c3cc(OC)ccc3F)c([C@H](C)C3(C)CC3)c2)c1F)C1CC1. The highest BCUT2D eigenvalue weighted by atomic mass is 19.1. The Balaban J connectivity index is 1.42. The maximum Gasteiger partial charge on any atom is 0.306 e. The number of rotatable bonds is 11. The van der Waals surface area contributed by atoms with Gasteiger partial charge in [0.2, 0.25) is 0 Å². The minimum absolute atomic E-state index is 0.157. The minimum atomic E-state index is -0.424. The summed E-state index contributed by atoms with van der Waals surface area (Å²) in [5, 5.41) is 0. The lowest BCUT2D eigenvalue weighted by molar-refractivity contribution is -0.141. The van der Waals surface area contributed by atoms with Crippen LogP contribution in [0, 0.1) is 23.0 Å². The lowest BCUT2D eigenvalue weighted by atomic mass is 9.81. The van der Waals surface area contributed by atoms with Crippen LogP contribution in [0.2, 0.25) is 0 Å². The molecule has 0 unspecified atom stereocenters. The van der Waals surface area contributed by atoms with Gasteiger partial charge in [-0.15, -0.1) is 0 Å². The van der Waals surface area contributed by atoms with Gasteiger partial charge in [-0.3, -0.25) is 4.79 Å². The van der Waals surface area contributed by atoms with Gasteiger partial charge in [0.1, 0.15) is 18.2 Å². The number of carbonyl (C=O) groups excluding carboxylic acids is 1. The van der Waals surface area contributed by atoms with Crippen LogP contribution in [0.25, 0.3) is 11.1 Å². The molecule has 3 aromatic carbocycles. The molecule has 4 nitrogen and oxygen atoms in total. The highest BCUT2D eigenvalue weighted by Gasteiger charge is 2.44. The first-order chi connectivity index (χ1) is 18.7. The second kappa shape index (κ2) is 11.0. The fourth-order valence-electron chi connectivity index (χ4n) is 5.53. The molecule has 0 radical (unpaired) electrons. The highest BCUT2D eigenvalue weighted by molar-refractivity contribution is 5.71. The summed E-state index contributed by atoms with van der Waals surface area (Å²) in [6.07, 6.45) is 4.36. The van der Waals surface area contributed by atoms with Crippen molar-refractivity contribution in [2.75, 3.05) is 14.2 Å². The van der Waals surface area contributed by atoms with Crippen molar-refractivity contribution in [1.82, 2.24) is 0 Å². The fraction of sp³-hybridized carbons (Fsp3) is 0.424. The van der Waals surface area contributed by atoms with Gasteiger partial charge in [0.05, 0.1) is 20.6 Å². The first-order valence-electron chi connectivity index (χ1n) is 13.7. The third kappa shape index (κ3) is 5.80. The molecule has 3 aromatic rings. The van der Waals surface area contributed by atoms with Gasteiger partial charge in [0, 0.05) is 11.5 Å². The van der Waals surface area contributed by atoms with Gasteiger partial charge in [-0.2, -0.15) is 0 Å². The highest BCUT2D eigenvalue weighted by Crippen LogP contribution is 2.57. The molecule has 2 aliphatic rings. The van der Waals surface area contributed by atoms with Crippen LogP contribution < -0.4 is 9.47 Å². The monoisotopic (exact) mass is 534 g/mol. The van der Waals surface area contributed by atoms with Gasteiger partial charge < -0.3 is 14.2 Å². The van der Waals surface area contributed by atoms with E-state index in [-0.39, 0.29) is 53.7 Å². The molecular weight excluding hydrogens is 498 g/mol. The average Bonchev–Trinajstić information content (AvgIpc) is 3.88. The van der Waals surface area contributed by atoms with Crippen molar-refractivity contribution in [3.8, 4) is 22.6 Å². The summed E-state index contributed by atoms with van der Waals surface area (Å²) in [7, 11) is 2.93. The van der Waals surface area contributed by atoms with Crippen molar-refractivity contribution in [3.05, 3.63) is 82.9 Å². The van der Waals surface area contributed by atoms with Gasteiger partial charge >= 0.3 is 5.97 Å². The van der Waals surface area contributed by atoms with Crippen LogP contribution in [0.5, 0.6) is 11.5 Å². The third-order valence-corrected chi connectivity index (χ3v) is 8.72. The molecule has 0 bridgehead atoms. The number of carbonyl (C=O) groups is 1. The number of hydrogen-bond donors (Lipinski definition) is 0. The average molecular weight is 535 g/mol. The van der Waals surface area contributed by atoms with Crippen molar-refractivity contribution in [2.45, 2.75) is 64.4 Å². The molecule has 0 aliphatic heterocycles. The van der Waals surface area contributed by atoms with Crippen molar-refractivity contribution in [3.63, 3.8) is 0 Å². The summed E-state index contributed by atoms with van der Waals surface area (Å²) >= 11 is 0. The summed E-state index contributed by atoms with van der Waals surface area (Å²) < 4.78 is 46.8. The topological polar surface area (TPSA) is 44.8 Å². The summed E-state index contributed by atoms with van der Waals surface area (Å²) in [5.41, 5.74) is 3.93. The van der Waals surface area contributed by atoms with Gasteiger partial charge in [-0.05, 0) is 89.5 Å². The number of benzene rings is 3. The zero-order chi connectivity index (χ0) is 27.7. The fourth-order valence-corrected chi connectivity index (χ4v) is 5.53. The summed E-state index contributed by atoms with van der Waals surface area (Å²) in [5.74, 6) is -0.0301. The lowest BCUT2D eigenvalue weighted by Crippen LogP contribution is -2.12. The van der Waals surface area contributed by atoms with E-state index in [1.807, 2.05) is 12.1 Å². The maximum atomic E-state index is 15.6. The minimum Gasteiger partial charge on any atom is -0.497 e. The smallest absolute Gasteiger partial charge is 0.306 e. The Morgan fingerprint density at radius 3 is 2.44 bits per heavy atom. The Labute approximate surface area is 229 Å². The molecule has 6 heteroatoms. The van der Waals surface area contributed by atoms with Crippen LogP contribution >= 0.6 is 0 Å². The number of halogens is 2. The second-order valence-corrected chi connectivity index (χ2v) is 11.3. The normalized spacial score (nSPS) is 17.3. The Morgan fingerprint density at radius 1 is 1.00 bits per heavy atom. The van der Waals surface area contributed by atoms with Gasteiger partial charge in [-0.1, -0.05) is 44.2 Å². The Morgan fingerprint density at radius 2 is 1.77 bits per heavy atom. The standard InChI is InChI=1S/C33H36F2O4/c1-20(33(2)14-15-33)26-16-21(8-12-24(26)28-17-23(37-3)11-13-29(28)34)19-39-30-7-5-6-25(32(30)35)27(22-9-10-22)18-31(36)38-4/h5-8,11-13,16-17,20,22,27H,9-10,14-15,18-19H2,1-4H3/t20-,27+/m0/s1. The van der Waals surface area contributed by atoms with Gasteiger partial charge in [-0.25, -0.2) is 8.78 Å². The zero-order valence-corrected chi connectivity index (χ0v) is 23.1. The van der Waals surface area contributed by atoms with E-state index in [2.05, 4.69) is 19.9 Å². The van der Waals surface area contributed by atoms with Crippen molar-refractivity contribution >= 4 is 5.97 Å². The number of ether oxygens (including phenoxy) is 3. The van der Waals surface area contributed by atoms with Crippen molar-refractivity contribution < 1.29 is 27.8 Å². The Hall–Kier alpha value is -3.41. The molecule has 2 aliphatic carbocycles. The summed E-state index contributed by atoms with van der Waals surface area (Å²) in [4.78, 5) is 12.0. The van der Waals surface area contributed by atoms with E-state index in [9.17, 15) is 9.18 Å².